The lowest BCUT2D eigenvalue weighted by Gasteiger charge is -2.02. The molecule has 0 radical (unpaired) electrons. The number of hydrogen-bond donors (Lipinski definition) is 2. The van der Waals surface area contributed by atoms with Crippen LogP contribution in [0, 0.1) is 0 Å². The van der Waals surface area contributed by atoms with Crippen molar-refractivity contribution in [2.45, 2.75) is 19.3 Å². The lowest BCUT2D eigenvalue weighted by molar-refractivity contribution is 0.801. The molecule has 0 bridgehead atoms. The number of fused-ring (bicyclic) bond motifs is 2. The fourth-order valence-electron chi connectivity index (χ4n) is 2.81. The minimum absolute atomic E-state index is 0.944. The second-order valence-corrected chi connectivity index (χ2v) is 6.22. The Hall–Kier alpha value is -2.14. The number of aromatic nitrogens is 4. The van der Waals surface area contributed by atoms with E-state index in [9.17, 15) is 0 Å². The lowest BCUT2D eigenvalue weighted by atomic mass is 10.1. The van der Waals surface area contributed by atoms with E-state index < -0.39 is 0 Å². The molecule has 0 saturated carbocycles. The number of halogens is 1. The molecule has 0 atom stereocenters. The zero-order chi connectivity index (χ0) is 14.9. The van der Waals surface area contributed by atoms with Crippen molar-refractivity contribution in [2.24, 2.45) is 0 Å². The van der Waals surface area contributed by atoms with E-state index in [4.69, 9.17) is 0 Å². The van der Waals surface area contributed by atoms with Crippen LogP contribution >= 0.6 is 15.9 Å². The molecular weight excluding hydrogens is 340 g/mol. The Morgan fingerprint density at radius 3 is 2.95 bits per heavy atom. The van der Waals surface area contributed by atoms with Crippen LogP contribution in [-0.2, 0) is 12.8 Å². The van der Waals surface area contributed by atoms with Crippen LogP contribution in [0.3, 0.4) is 0 Å². The summed E-state index contributed by atoms with van der Waals surface area (Å²) in [7, 11) is 0. The third-order valence-electron chi connectivity index (χ3n) is 3.93. The zero-order valence-electron chi connectivity index (χ0n) is 11.9. The van der Waals surface area contributed by atoms with Gasteiger partial charge in [0, 0.05) is 39.5 Å². The zero-order valence-corrected chi connectivity index (χ0v) is 13.5. The van der Waals surface area contributed by atoms with Gasteiger partial charge in [-0.25, -0.2) is 9.97 Å². The van der Waals surface area contributed by atoms with E-state index in [1.54, 1.807) is 0 Å². The van der Waals surface area contributed by atoms with Gasteiger partial charge in [0.25, 0.3) is 0 Å². The Morgan fingerprint density at radius 1 is 1.09 bits per heavy atom. The van der Waals surface area contributed by atoms with Crippen LogP contribution in [-0.4, -0.2) is 19.9 Å². The van der Waals surface area contributed by atoms with Gasteiger partial charge in [0.15, 0.2) is 0 Å². The molecule has 22 heavy (non-hydrogen) atoms. The number of aromatic amines is 2. The summed E-state index contributed by atoms with van der Waals surface area (Å²) in [5, 5.41) is 2.32. The maximum atomic E-state index is 4.44. The smallest absolute Gasteiger partial charge is 0.138 e. The SMILES string of the molecule is Brc1c(CCCc2cnc3[nH]ccc3c2)[nH]c2ncccc12. The van der Waals surface area contributed by atoms with Gasteiger partial charge in [0.05, 0.1) is 0 Å². The van der Waals surface area contributed by atoms with E-state index in [-0.39, 0.29) is 0 Å². The molecule has 110 valence electrons. The summed E-state index contributed by atoms with van der Waals surface area (Å²) in [6.07, 6.45) is 8.78. The molecule has 0 aliphatic rings. The predicted octanol–water partition coefficient (Wildman–Crippen LogP) is 4.38. The van der Waals surface area contributed by atoms with Gasteiger partial charge < -0.3 is 9.97 Å². The van der Waals surface area contributed by atoms with Gasteiger partial charge in [-0.3, -0.25) is 0 Å². The largest absolute Gasteiger partial charge is 0.346 e. The second-order valence-electron chi connectivity index (χ2n) is 5.43. The normalized spacial score (nSPS) is 11.5. The number of nitrogens with zero attached hydrogens (tertiary/aromatic N) is 2. The first-order chi connectivity index (χ1) is 10.8. The van der Waals surface area contributed by atoms with Gasteiger partial charge in [0.1, 0.15) is 11.3 Å². The van der Waals surface area contributed by atoms with E-state index in [1.807, 2.05) is 24.7 Å². The summed E-state index contributed by atoms with van der Waals surface area (Å²) in [6, 6.07) is 8.31. The highest BCUT2D eigenvalue weighted by atomic mass is 79.9. The van der Waals surface area contributed by atoms with Crippen LogP contribution in [0.1, 0.15) is 17.7 Å². The fourth-order valence-corrected chi connectivity index (χ4v) is 3.42. The molecule has 4 aromatic rings. The Morgan fingerprint density at radius 2 is 2.05 bits per heavy atom. The van der Waals surface area contributed by atoms with Crippen molar-refractivity contribution in [3.63, 3.8) is 0 Å². The first-order valence-electron chi connectivity index (χ1n) is 7.34. The van der Waals surface area contributed by atoms with E-state index >= 15 is 0 Å². The highest BCUT2D eigenvalue weighted by Gasteiger charge is 2.09. The third kappa shape index (κ3) is 2.41. The van der Waals surface area contributed by atoms with Crippen molar-refractivity contribution in [3.05, 3.63) is 58.6 Å². The van der Waals surface area contributed by atoms with Crippen molar-refractivity contribution in [1.29, 1.82) is 0 Å². The summed E-state index contributed by atoms with van der Waals surface area (Å²) < 4.78 is 1.13. The van der Waals surface area contributed by atoms with Gasteiger partial charge in [0.2, 0.25) is 0 Å². The van der Waals surface area contributed by atoms with Crippen molar-refractivity contribution in [3.8, 4) is 0 Å². The molecular formula is C17H15BrN4. The Labute approximate surface area is 136 Å². The first kappa shape index (κ1) is 13.5. The van der Waals surface area contributed by atoms with Gasteiger partial charge >= 0.3 is 0 Å². The third-order valence-corrected chi connectivity index (χ3v) is 4.83. The van der Waals surface area contributed by atoms with Crippen molar-refractivity contribution in [1.82, 2.24) is 19.9 Å². The van der Waals surface area contributed by atoms with Crippen molar-refractivity contribution >= 4 is 38.0 Å². The first-order valence-corrected chi connectivity index (χ1v) is 8.13. The predicted molar refractivity (Wildman–Crippen MR) is 91.9 cm³/mol. The van der Waals surface area contributed by atoms with Crippen LogP contribution < -0.4 is 0 Å². The van der Waals surface area contributed by atoms with Crippen molar-refractivity contribution in [2.75, 3.05) is 0 Å². The van der Waals surface area contributed by atoms with Crippen LogP contribution in [0.4, 0.5) is 0 Å². The Balaban J connectivity index is 1.48. The molecule has 2 N–H and O–H groups in total. The average Bonchev–Trinajstić information content (AvgIpc) is 3.12. The van der Waals surface area contributed by atoms with Gasteiger partial charge in [-0.1, -0.05) is 0 Å². The number of hydrogen-bond acceptors (Lipinski definition) is 2. The molecule has 4 heterocycles. The highest BCUT2D eigenvalue weighted by molar-refractivity contribution is 9.10. The lowest BCUT2D eigenvalue weighted by Crippen LogP contribution is -1.92. The molecule has 0 saturated heterocycles. The Bertz CT molecular complexity index is 938. The van der Waals surface area contributed by atoms with Crippen LogP contribution in [0.15, 0.2) is 47.3 Å². The molecule has 0 aliphatic heterocycles. The van der Waals surface area contributed by atoms with E-state index in [2.05, 4.69) is 54.1 Å². The molecule has 0 amide bonds. The number of pyridine rings is 2. The molecule has 4 aromatic heterocycles. The fraction of sp³-hybridized carbons (Fsp3) is 0.176. The number of rotatable bonds is 4. The molecule has 0 aromatic carbocycles. The summed E-state index contributed by atoms with van der Waals surface area (Å²) in [5.74, 6) is 0. The quantitative estimate of drug-likeness (QED) is 0.571. The number of aryl methyl sites for hydroxylation is 2. The summed E-state index contributed by atoms with van der Waals surface area (Å²) in [5.41, 5.74) is 4.38. The molecule has 4 rings (SSSR count). The minimum Gasteiger partial charge on any atom is -0.346 e. The molecule has 4 nitrogen and oxygen atoms in total. The van der Waals surface area contributed by atoms with Crippen LogP contribution in [0.25, 0.3) is 22.1 Å². The average molecular weight is 355 g/mol. The molecule has 5 heteroatoms. The molecule has 0 fully saturated rings. The molecule has 0 aliphatic carbocycles. The molecule has 0 unspecified atom stereocenters. The monoisotopic (exact) mass is 354 g/mol. The Kier molecular flexibility index (Phi) is 3.42. The van der Waals surface area contributed by atoms with E-state index in [0.29, 0.717) is 0 Å². The van der Waals surface area contributed by atoms with Gasteiger partial charge in [-0.05, 0) is 65.0 Å². The van der Waals surface area contributed by atoms with Gasteiger partial charge in [-0.2, -0.15) is 0 Å². The maximum absolute atomic E-state index is 4.44. The summed E-state index contributed by atoms with van der Waals surface area (Å²) in [4.78, 5) is 15.3. The van der Waals surface area contributed by atoms with E-state index in [0.717, 1.165) is 40.4 Å². The maximum Gasteiger partial charge on any atom is 0.138 e. The van der Waals surface area contributed by atoms with Crippen LogP contribution in [0.5, 0.6) is 0 Å². The highest BCUT2D eigenvalue weighted by Crippen LogP contribution is 2.27. The number of nitrogens with one attached hydrogen (secondary N) is 2. The van der Waals surface area contributed by atoms with Crippen LogP contribution in [0.2, 0.25) is 0 Å². The van der Waals surface area contributed by atoms with E-state index in [1.165, 1.54) is 16.6 Å². The topological polar surface area (TPSA) is 57.4 Å². The number of H-pyrrole nitrogens is 2. The molecule has 0 spiro atoms. The summed E-state index contributed by atoms with van der Waals surface area (Å²) >= 11 is 3.68. The van der Waals surface area contributed by atoms with Crippen molar-refractivity contribution < 1.29 is 0 Å². The minimum atomic E-state index is 0.944. The second kappa shape index (κ2) is 5.57. The standard InChI is InChI=1S/C17H15BrN4/c18-15-13-4-2-7-19-17(13)22-14(15)5-1-3-11-9-12-6-8-20-16(12)21-10-11/h2,4,6-10H,1,3,5H2,(H,19,22)(H,20,21). The summed E-state index contributed by atoms with van der Waals surface area (Å²) in [6.45, 7) is 0. The van der Waals surface area contributed by atoms with Gasteiger partial charge in [-0.15, -0.1) is 0 Å².